The molecule has 0 saturated carbocycles. The maximum Gasteiger partial charge on any atom is 0.161 e. The van der Waals surface area contributed by atoms with Crippen LogP contribution in [-0.4, -0.2) is 56.1 Å². The topological polar surface area (TPSA) is 46.5 Å². The molecule has 4 aromatic carbocycles. The Morgan fingerprint density at radius 3 is 2.33 bits per heavy atom. The fraction of sp³-hybridized carbons (Fsp3) is 0.303. The average Bonchev–Trinajstić information content (AvgIpc) is 3.00. The van der Waals surface area contributed by atoms with Crippen LogP contribution in [0.2, 0.25) is 0 Å². The summed E-state index contributed by atoms with van der Waals surface area (Å²) in [4.78, 5) is 2.57. The molecule has 6 nitrogen and oxygen atoms in total. The molecule has 39 heavy (non-hydrogen) atoms. The monoisotopic (exact) mass is 521 g/mol. The van der Waals surface area contributed by atoms with E-state index in [2.05, 4.69) is 70.6 Å². The molecule has 2 aliphatic heterocycles. The van der Waals surface area contributed by atoms with Gasteiger partial charge in [0, 0.05) is 36.8 Å². The van der Waals surface area contributed by atoms with E-state index < -0.39 is 0 Å². The van der Waals surface area contributed by atoms with Gasteiger partial charge in [-0.3, -0.25) is 9.91 Å². The molecule has 0 spiro atoms. The molecule has 0 amide bonds. The van der Waals surface area contributed by atoms with Crippen molar-refractivity contribution in [2.45, 2.75) is 32.0 Å². The number of fused-ring (bicyclic) bond motifs is 2. The molecule has 0 aromatic heterocycles. The summed E-state index contributed by atoms with van der Waals surface area (Å²) in [6, 6.07) is 28.1. The lowest BCUT2D eigenvalue weighted by Gasteiger charge is -2.39. The van der Waals surface area contributed by atoms with Crippen LogP contribution in [0.1, 0.15) is 35.1 Å². The number of methoxy groups -OCH3 is 3. The van der Waals surface area contributed by atoms with Crippen LogP contribution in [0.4, 0.5) is 0 Å². The highest BCUT2D eigenvalue weighted by molar-refractivity contribution is 6.14. The second-order valence-corrected chi connectivity index (χ2v) is 10.3. The van der Waals surface area contributed by atoms with E-state index in [0.717, 1.165) is 61.6 Å². The molecule has 0 aliphatic carbocycles. The highest BCUT2D eigenvalue weighted by atomic mass is 16.5. The van der Waals surface area contributed by atoms with Gasteiger partial charge in [-0.15, -0.1) is 0 Å². The molecule has 200 valence electrons. The van der Waals surface area contributed by atoms with E-state index >= 15 is 0 Å². The van der Waals surface area contributed by atoms with Crippen molar-refractivity contribution in [1.29, 1.82) is 0 Å². The summed E-state index contributed by atoms with van der Waals surface area (Å²) in [5, 5.41) is 10.1. The second-order valence-electron chi connectivity index (χ2n) is 10.3. The largest absolute Gasteiger partial charge is 0.497 e. The molecule has 0 radical (unpaired) electrons. The number of piperidine rings is 1. The second kappa shape index (κ2) is 11.0. The summed E-state index contributed by atoms with van der Waals surface area (Å²) < 4.78 is 16.6. The van der Waals surface area contributed by atoms with E-state index in [1.807, 2.05) is 18.2 Å². The molecule has 6 heteroatoms. The highest BCUT2D eigenvalue weighted by Gasteiger charge is 2.29. The SMILES string of the molecule is COc1ccc2c(c1)CN(C1CCN(Cc3ccc4ccccc4c3)CC1)N=C2c1ccc(OC)c(OC)c1. The zero-order valence-corrected chi connectivity index (χ0v) is 22.9. The Kier molecular flexibility index (Phi) is 7.12. The third kappa shape index (κ3) is 5.17. The Hall–Kier alpha value is -4.03. The molecule has 2 aliphatic rings. The molecule has 0 unspecified atom stereocenters. The van der Waals surface area contributed by atoms with Gasteiger partial charge >= 0.3 is 0 Å². The van der Waals surface area contributed by atoms with Crippen molar-refractivity contribution in [2.75, 3.05) is 34.4 Å². The summed E-state index contributed by atoms with van der Waals surface area (Å²) in [5.74, 6) is 2.28. The minimum atomic E-state index is 0.382. The van der Waals surface area contributed by atoms with Crippen LogP contribution < -0.4 is 14.2 Å². The zero-order chi connectivity index (χ0) is 26.8. The Morgan fingerprint density at radius 1 is 0.769 bits per heavy atom. The number of hydrogen-bond donors (Lipinski definition) is 0. The first-order chi connectivity index (χ1) is 19.1. The summed E-state index contributed by atoms with van der Waals surface area (Å²) >= 11 is 0. The molecule has 0 atom stereocenters. The van der Waals surface area contributed by atoms with Gasteiger partial charge in [0.05, 0.1) is 33.6 Å². The minimum absolute atomic E-state index is 0.382. The first-order valence-corrected chi connectivity index (χ1v) is 13.6. The fourth-order valence-corrected chi connectivity index (χ4v) is 5.83. The summed E-state index contributed by atoms with van der Waals surface area (Å²) in [7, 11) is 5.05. The van der Waals surface area contributed by atoms with Crippen LogP contribution in [0.3, 0.4) is 0 Å². The lowest BCUT2D eigenvalue weighted by Crippen LogP contribution is -2.44. The smallest absolute Gasteiger partial charge is 0.161 e. The van der Waals surface area contributed by atoms with Crippen molar-refractivity contribution in [1.82, 2.24) is 9.91 Å². The fourth-order valence-electron chi connectivity index (χ4n) is 5.83. The molecule has 4 aromatic rings. The van der Waals surface area contributed by atoms with Gasteiger partial charge in [0.25, 0.3) is 0 Å². The lowest BCUT2D eigenvalue weighted by atomic mass is 9.94. The number of rotatable bonds is 7. The van der Waals surface area contributed by atoms with Gasteiger partial charge in [-0.25, -0.2) is 0 Å². The first-order valence-electron chi connectivity index (χ1n) is 13.6. The van der Waals surface area contributed by atoms with Crippen molar-refractivity contribution in [3.8, 4) is 17.2 Å². The van der Waals surface area contributed by atoms with Crippen molar-refractivity contribution < 1.29 is 14.2 Å². The van der Waals surface area contributed by atoms with Gasteiger partial charge in [0.2, 0.25) is 0 Å². The minimum Gasteiger partial charge on any atom is -0.497 e. The Morgan fingerprint density at radius 2 is 1.56 bits per heavy atom. The number of nitrogens with zero attached hydrogens (tertiary/aromatic N) is 3. The van der Waals surface area contributed by atoms with Gasteiger partial charge in [0.15, 0.2) is 11.5 Å². The van der Waals surface area contributed by atoms with E-state index in [1.165, 1.54) is 21.9 Å². The predicted molar refractivity (Wildman–Crippen MR) is 156 cm³/mol. The zero-order valence-electron chi connectivity index (χ0n) is 22.9. The van der Waals surface area contributed by atoms with E-state index in [4.69, 9.17) is 19.3 Å². The molecule has 0 N–H and O–H groups in total. The molecular formula is C33H35N3O3. The number of ether oxygens (including phenoxy) is 3. The molecule has 6 rings (SSSR count). The van der Waals surface area contributed by atoms with E-state index in [9.17, 15) is 0 Å². The normalized spacial score (nSPS) is 16.1. The van der Waals surface area contributed by atoms with Gasteiger partial charge in [-0.2, -0.15) is 5.10 Å². The van der Waals surface area contributed by atoms with E-state index in [-0.39, 0.29) is 0 Å². The maximum atomic E-state index is 5.60. The molecule has 0 bridgehead atoms. The molecule has 1 fully saturated rings. The third-order valence-corrected chi connectivity index (χ3v) is 7.98. The number of benzene rings is 4. The van der Waals surface area contributed by atoms with E-state index in [1.54, 1.807) is 21.3 Å². The predicted octanol–water partition coefficient (Wildman–Crippen LogP) is 6.10. The third-order valence-electron chi connectivity index (χ3n) is 7.98. The Balaban J connectivity index is 1.22. The van der Waals surface area contributed by atoms with Crippen molar-refractivity contribution >= 4 is 16.5 Å². The van der Waals surface area contributed by atoms with Crippen LogP contribution in [0.15, 0.2) is 84.0 Å². The number of hydrazone groups is 1. The standard InChI is InChI=1S/C33H35N3O3/c1-37-29-11-12-30-27(19-29)22-36(34-33(30)26-10-13-31(38-2)32(20-26)39-3)28-14-16-35(17-15-28)21-23-8-9-24-6-4-5-7-25(24)18-23/h4-13,18-20,28H,14-17,21-22H2,1-3H3. The van der Waals surface area contributed by atoms with Crippen LogP contribution in [0.25, 0.3) is 10.8 Å². The quantitative estimate of drug-likeness (QED) is 0.294. The Bertz CT molecular complexity index is 1510. The molecular weight excluding hydrogens is 486 g/mol. The van der Waals surface area contributed by atoms with Gasteiger partial charge in [-0.05, 0) is 77.2 Å². The van der Waals surface area contributed by atoms with Crippen LogP contribution >= 0.6 is 0 Å². The average molecular weight is 522 g/mol. The summed E-state index contributed by atoms with van der Waals surface area (Å²) in [6.45, 7) is 3.87. The van der Waals surface area contributed by atoms with E-state index in [0.29, 0.717) is 17.5 Å². The van der Waals surface area contributed by atoms with Crippen molar-refractivity contribution in [3.63, 3.8) is 0 Å². The molecule has 2 heterocycles. The Labute approximate surface area is 230 Å². The maximum absolute atomic E-state index is 5.60. The van der Waals surface area contributed by atoms with Gasteiger partial charge in [0.1, 0.15) is 5.75 Å². The van der Waals surface area contributed by atoms with Crippen molar-refractivity contribution in [3.05, 3.63) is 101 Å². The molecule has 1 saturated heterocycles. The lowest BCUT2D eigenvalue weighted by molar-refractivity contribution is 0.100. The number of likely N-dealkylation sites (tertiary alicyclic amines) is 1. The van der Waals surface area contributed by atoms with Crippen LogP contribution in [0.5, 0.6) is 17.2 Å². The number of hydrogen-bond acceptors (Lipinski definition) is 6. The van der Waals surface area contributed by atoms with Crippen LogP contribution in [0, 0.1) is 0 Å². The van der Waals surface area contributed by atoms with Gasteiger partial charge < -0.3 is 14.2 Å². The highest BCUT2D eigenvalue weighted by Crippen LogP contribution is 2.33. The van der Waals surface area contributed by atoms with Gasteiger partial charge in [-0.1, -0.05) is 36.4 Å². The van der Waals surface area contributed by atoms with Crippen molar-refractivity contribution in [2.24, 2.45) is 5.10 Å². The summed E-state index contributed by atoms with van der Waals surface area (Å²) in [6.07, 6.45) is 2.16. The summed E-state index contributed by atoms with van der Waals surface area (Å²) in [5.41, 5.74) is 5.71. The first kappa shape index (κ1) is 25.3. The van der Waals surface area contributed by atoms with Crippen LogP contribution in [-0.2, 0) is 13.1 Å².